The number of rotatable bonds is 3. The Bertz CT molecular complexity index is 547. The summed E-state index contributed by atoms with van der Waals surface area (Å²) in [5.41, 5.74) is 2.10. The number of nitrogens with one attached hydrogen (secondary N) is 1. The number of benzene rings is 1. The van der Waals surface area contributed by atoms with Crippen LogP contribution in [0.2, 0.25) is 0 Å². The van der Waals surface area contributed by atoms with Crippen molar-refractivity contribution in [1.29, 1.82) is 0 Å². The molecule has 0 aliphatic heterocycles. The topological polar surface area (TPSA) is 37.8 Å². The van der Waals surface area contributed by atoms with Gasteiger partial charge in [-0.3, -0.25) is 0 Å². The van der Waals surface area contributed by atoms with Gasteiger partial charge >= 0.3 is 0 Å². The lowest BCUT2D eigenvalue weighted by Gasteiger charge is -2.32. The SMILES string of the molecule is CCC1CCCCC1Nc1cnnc2ccccc12. The van der Waals surface area contributed by atoms with E-state index in [9.17, 15) is 0 Å². The zero-order valence-corrected chi connectivity index (χ0v) is 11.5. The highest BCUT2D eigenvalue weighted by Crippen LogP contribution is 2.31. The molecule has 1 heterocycles. The highest BCUT2D eigenvalue weighted by Gasteiger charge is 2.23. The summed E-state index contributed by atoms with van der Waals surface area (Å²) in [5, 5.41) is 13.2. The summed E-state index contributed by atoms with van der Waals surface area (Å²) in [6.45, 7) is 2.30. The van der Waals surface area contributed by atoms with E-state index in [1.807, 2.05) is 18.3 Å². The molecule has 19 heavy (non-hydrogen) atoms. The van der Waals surface area contributed by atoms with Gasteiger partial charge in [0.25, 0.3) is 0 Å². The van der Waals surface area contributed by atoms with E-state index in [-0.39, 0.29) is 0 Å². The van der Waals surface area contributed by atoms with Crippen LogP contribution in [0.5, 0.6) is 0 Å². The molecule has 2 atom stereocenters. The molecule has 1 saturated carbocycles. The first-order valence-corrected chi connectivity index (χ1v) is 7.35. The largest absolute Gasteiger partial charge is 0.380 e. The van der Waals surface area contributed by atoms with Crippen molar-refractivity contribution in [3.05, 3.63) is 30.5 Å². The number of hydrogen-bond donors (Lipinski definition) is 1. The zero-order chi connectivity index (χ0) is 13.1. The van der Waals surface area contributed by atoms with Gasteiger partial charge in [0.2, 0.25) is 0 Å². The van der Waals surface area contributed by atoms with Crippen molar-refractivity contribution in [2.24, 2.45) is 5.92 Å². The van der Waals surface area contributed by atoms with Gasteiger partial charge in [-0.1, -0.05) is 44.4 Å². The van der Waals surface area contributed by atoms with Crippen molar-refractivity contribution in [2.45, 2.75) is 45.1 Å². The quantitative estimate of drug-likeness (QED) is 0.900. The monoisotopic (exact) mass is 255 g/mol. The predicted octanol–water partition coefficient (Wildman–Crippen LogP) is 4.01. The van der Waals surface area contributed by atoms with E-state index in [4.69, 9.17) is 0 Å². The molecule has 1 fully saturated rings. The molecule has 100 valence electrons. The molecule has 0 amide bonds. The number of fused-ring (bicyclic) bond motifs is 1. The van der Waals surface area contributed by atoms with Gasteiger partial charge < -0.3 is 5.32 Å². The molecule has 3 rings (SSSR count). The maximum atomic E-state index is 4.18. The molecule has 1 aliphatic carbocycles. The predicted molar refractivity (Wildman–Crippen MR) is 79.2 cm³/mol. The van der Waals surface area contributed by atoms with Crippen LogP contribution in [0, 0.1) is 5.92 Å². The molecule has 2 unspecified atom stereocenters. The first kappa shape index (κ1) is 12.4. The third-order valence-corrected chi connectivity index (χ3v) is 4.32. The van der Waals surface area contributed by atoms with E-state index in [1.165, 1.54) is 37.5 Å². The maximum Gasteiger partial charge on any atom is 0.0950 e. The van der Waals surface area contributed by atoms with Gasteiger partial charge in [0.15, 0.2) is 0 Å². The van der Waals surface area contributed by atoms with Crippen LogP contribution in [0.3, 0.4) is 0 Å². The minimum atomic E-state index is 0.589. The molecule has 0 saturated heterocycles. The van der Waals surface area contributed by atoms with Gasteiger partial charge in [-0.25, -0.2) is 0 Å². The standard InChI is InChI=1S/C16H21N3/c1-2-12-7-3-5-9-14(12)18-16-11-17-19-15-10-6-4-8-13(15)16/h4,6,8,10-12,14H,2-3,5,7,9H2,1H3,(H,18,19). The van der Waals surface area contributed by atoms with Crippen molar-refractivity contribution in [2.75, 3.05) is 5.32 Å². The minimum absolute atomic E-state index is 0.589. The van der Waals surface area contributed by atoms with Crippen LogP contribution in [0.1, 0.15) is 39.0 Å². The van der Waals surface area contributed by atoms with Gasteiger partial charge in [-0.2, -0.15) is 10.2 Å². The van der Waals surface area contributed by atoms with Crippen LogP contribution in [-0.4, -0.2) is 16.2 Å². The molecule has 1 aromatic heterocycles. The zero-order valence-electron chi connectivity index (χ0n) is 11.5. The highest BCUT2D eigenvalue weighted by atomic mass is 15.1. The lowest BCUT2D eigenvalue weighted by molar-refractivity contribution is 0.317. The van der Waals surface area contributed by atoms with E-state index in [0.29, 0.717) is 6.04 Å². The Balaban J connectivity index is 1.88. The molecular weight excluding hydrogens is 234 g/mol. The fourth-order valence-electron chi connectivity index (χ4n) is 3.21. The number of nitrogens with zero attached hydrogens (tertiary/aromatic N) is 2. The van der Waals surface area contributed by atoms with Crippen molar-refractivity contribution in [3.8, 4) is 0 Å². The lowest BCUT2D eigenvalue weighted by atomic mass is 9.83. The van der Waals surface area contributed by atoms with Crippen molar-refractivity contribution >= 4 is 16.6 Å². The van der Waals surface area contributed by atoms with Gasteiger partial charge in [0.1, 0.15) is 0 Å². The Hall–Kier alpha value is -1.64. The molecule has 1 aromatic carbocycles. The Morgan fingerprint density at radius 1 is 1.21 bits per heavy atom. The maximum absolute atomic E-state index is 4.18. The molecule has 0 bridgehead atoms. The van der Waals surface area contributed by atoms with Gasteiger partial charge in [-0.05, 0) is 24.8 Å². The third kappa shape index (κ3) is 2.55. The second-order valence-corrected chi connectivity index (χ2v) is 5.48. The van der Waals surface area contributed by atoms with Gasteiger partial charge in [0.05, 0.1) is 17.4 Å². The van der Waals surface area contributed by atoms with Crippen LogP contribution >= 0.6 is 0 Å². The highest BCUT2D eigenvalue weighted by molar-refractivity contribution is 5.90. The second kappa shape index (κ2) is 5.55. The summed E-state index contributed by atoms with van der Waals surface area (Å²) in [5.74, 6) is 0.792. The van der Waals surface area contributed by atoms with Crippen LogP contribution in [0.25, 0.3) is 10.9 Å². The normalized spacial score (nSPS) is 23.4. The Morgan fingerprint density at radius 3 is 2.95 bits per heavy atom. The summed E-state index contributed by atoms with van der Waals surface area (Å²) >= 11 is 0. The van der Waals surface area contributed by atoms with Crippen LogP contribution in [-0.2, 0) is 0 Å². The molecule has 2 aromatic rings. The average molecular weight is 255 g/mol. The molecule has 3 heteroatoms. The minimum Gasteiger partial charge on any atom is -0.380 e. The van der Waals surface area contributed by atoms with Gasteiger partial charge in [-0.15, -0.1) is 0 Å². The van der Waals surface area contributed by atoms with Crippen molar-refractivity contribution in [1.82, 2.24) is 10.2 Å². The lowest BCUT2D eigenvalue weighted by Crippen LogP contribution is -2.31. The van der Waals surface area contributed by atoms with E-state index in [2.05, 4.69) is 34.6 Å². The average Bonchev–Trinajstić information content (AvgIpc) is 2.48. The Kier molecular flexibility index (Phi) is 3.62. The fraction of sp³-hybridized carbons (Fsp3) is 0.500. The fourth-order valence-corrected chi connectivity index (χ4v) is 3.21. The summed E-state index contributed by atoms with van der Waals surface area (Å²) in [7, 11) is 0. The molecule has 0 radical (unpaired) electrons. The van der Waals surface area contributed by atoms with E-state index in [1.54, 1.807) is 0 Å². The van der Waals surface area contributed by atoms with E-state index in [0.717, 1.165) is 17.1 Å². The summed E-state index contributed by atoms with van der Waals surface area (Å²) in [6.07, 6.45) is 8.47. The third-order valence-electron chi connectivity index (χ3n) is 4.32. The van der Waals surface area contributed by atoms with Crippen LogP contribution in [0.4, 0.5) is 5.69 Å². The number of anilines is 1. The first-order chi connectivity index (χ1) is 9.38. The Labute approximate surface area is 114 Å². The smallest absolute Gasteiger partial charge is 0.0950 e. The van der Waals surface area contributed by atoms with Crippen molar-refractivity contribution in [3.63, 3.8) is 0 Å². The van der Waals surface area contributed by atoms with E-state index >= 15 is 0 Å². The molecule has 3 nitrogen and oxygen atoms in total. The summed E-state index contributed by atoms with van der Waals surface area (Å²) < 4.78 is 0. The molecule has 1 aliphatic rings. The summed E-state index contributed by atoms with van der Waals surface area (Å²) in [6, 6.07) is 8.80. The van der Waals surface area contributed by atoms with Crippen LogP contribution in [0.15, 0.2) is 30.5 Å². The first-order valence-electron chi connectivity index (χ1n) is 7.35. The van der Waals surface area contributed by atoms with Crippen LogP contribution < -0.4 is 5.32 Å². The van der Waals surface area contributed by atoms with Crippen molar-refractivity contribution < 1.29 is 0 Å². The molecule has 0 spiro atoms. The Morgan fingerprint density at radius 2 is 2.05 bits per heavy atom. The van der Waals surface area contributed by atoms with E-state index < -0.39 is 0 Å². The second-order valence-electron chi connectivity index (χ2n) is 5.48. The number of hydrogen-bond acceptors (Lipinski definition) is 3. The molecular formula is C16H21N3. The van der Waals surface area contributed by atoms with Gasteiger partial charge in [0, 0.05) is 11.4 Å². The number of aromatic nitrogens is 2. The molecule has 1 N–H and O–H groups in total. The summed E-state index contributed by atoms with van der Waals surface area (Å²) in [4.78, 5) is 0.